The molecule has 9 nitrogen and oxygen atoms in total. The highest BCUT2D eigenvalue weighted by Gasteiger charge is 2.20. The summed E-state index contributed by atoms with van der Waals surface area (Å²) >= 11 is 3.11. The molecule has 21 heavy (non-hydrogen) atoms. The summed E-state index contributed by atoms with van der Waals surface area (Å²) in [5, 5.41) is 32.7. The number of hydrogen-bond acceptors (Lipinski definition) is 5. The van der Waals surface area contributed by atoms with Gasteiger partial charge in [-0.1, -0.05) is 0 Å². The molecule has 0 spiro atoms. The normalized spacial score (nSPS) is 11.5. The Morgan fingerprint density at radius 3 is 2.62 bits per heavy atom. The third kappa shape index (κ3) is 5.00. The molecule has 0 aliphatic carbocycles. The summed E-state index contributed by atoms with van der Waals surface area (Å²) in [7, 11) is 0. The zero-order valence-electron chi connectivity index (χ0n) is 10.6. The Hall–Kier alpha value is -2.20. The smallest absolute Gasteiger partial charge is 0.326 e. The van der Waals surface area contributed by atoms with Crippen LogP contribution in [0.1, 0.15) is 6.42 Å². The number of carboxylic acids is 1. The summed E-state index contributed by atoms with van der Waals surface area (Å²) in [5.74, 6) is -1.29. The van der Waals surface area contributed by atoms with Gasteiger partial charge in [0.15, 0.2) is 0 Å². The number of carbonyl (C=O) groups is 2. The molecule has 0 radical (unpaired) electrons. The minimum atomic E-state index is -1.29. The van der Waals surface area contributed by atoms with Gasteiger partial charge in [-0.2, -0.15) is 0 Å². The Bertz CT molecular complexity index is 565. The molecule has 114 valence electrons. The van der Waals surface area contributed by atoms with Gasteiger partial charge in [0.1, 0.15) is 6.04 Å². The Labute approximate surface area is 127 Å². The van der Waals surface area contributed by atoms with Crippen molar-refractivity contribution in [3.8, 4) is 0 Å². The maximum absolute atomic E-state index is 11.7. The van der Waals surface area contributed by atoms with Gasteiger partial charge in [-0.15, -0.1) is 0 Å². The third-order valence-electron chi connectivity index (χ3n) is 2.43. The quantitative estimate of drug-likeness (QED) is 0.444. The summed E-state index contributed by atoms with van der Waals surface area (Å²) in [4.78, 5) is 32.5. The van der Waals surface area contributed by atoms with Crippen LogP contribution in [0.15, 0.2) is 22.7 Å². The van der Waals surface area contributed by atoms with Gasteiger partial charge in [0.05, 0.1) is 10.6 Å². The van der Waals surface area contributed by atoms with E-state index in [1.54, 1.807) is 0 Å². The highest BCUT2D eigenvalue weighted by Crippen LogP contribution is 2.26. The number of nitrogens with zero attached hydrogens (tertiary/aromatic N) is 1. The first-order chi connectivity index (χ1) is 9.85. The number of amides is 2. The van der Waals surface area contributed by atoms with Crippen LogP contribution in [0.4, 0.5) is 16.2 Å². The second-order valence-corrected chi connectivity index (χ2v) is 4.78. The van der Waals surface area contributed by atoms with Gasteiger partial charge in [0, 0.05) is 29.6 Å². The van der Waals surface area contributed by atoms with Crippen molar-refractivity contribution in [2.45, 2.75) is 12.5 Å². The predicted octanol–water partition coefficient (Wildman–Crippen LogP) is 1.31. The van der Waals surface area contributed by atoms with Crippen molar-refractivity contribution in [1.82, 2.24) is 5.32 Å². The number of urea groups is 1. The van der Waals surface area contributed by atoms with Gasteiger partial charge in [-0.05, 0) is 22.0 Å². The van der Waals surface area contributed by atoms with Crippen LogP contribution in [0.2, 0.25) is 0 Å². The van der Waals surface area contributed by atoms with Crippen LogP contribution < -0.4 is 10.6 Å². The van der Waals surface area contributed by atoms with E-state index < -0.39 is 29.6 Å². The number of benzene rings is 1. The largest absolute Gasteiger partial charge is 0.480 e. The van der Waals surface area contributed by atoms with Gasteiger partial charge in [0.25, 0.3) is 5.69 Å². The SMILES string of the molecule is O=C(Nc1cc([N+](=O)[O-])ccc1Br)N[C@@H](CCO)C(=O)O. The lowest BCUT2D eigenvalue weighted by Gasteiger charge is -2.14. The van der Waals surface area contributed by atoms with E-state index in [1.165, 1.54) is 12.1 Å². The lowest BCUT2D eigenvalue weighted by Crippen LogP contribution is -2.43. The number of non-ortho nitro benzene ring substituents is 1. The molecular formula is C11H12BrN3O6. The Balaban J connectivity index is 2.80. The fourth-order valence-corrected chi connectivity index (χ4v) is 1.77. The van der Waals surface area contributed by atoms with Crippen molar-refractivity contribution in [1.29, 1.82) is 0 Å². The number of aliphatic hydroxyl groups excluding tert-OH is 1. The number of anilines is 1. The first-order valence-electron chi connectivity index (χ1n) is 5.70. The molecule has 0 aliphatic rings. The average Bonchev–Trinajstić information content (AvgIpc) is 2.40. The number of hydrogen-bond donors (Lipinski definition) is 4. The molecule has 0 unspecified atom stereocenters. The number of carboxylic acid groups (broad SMARTS) is 1. The lowest BCUT2D eigenvalue weighted by atomic mass is 10.2. The molecule has 0 saturated heterocycles. The summed E-state index contributed by atoms with van der Waals surface area (Å²) < 4.78 is 0.400. The number of aliphatic carboxylic acids is 1. The van der Waals surface area contributed by atoms with E-state index in [1.807, 2.05) is 0 Å². The fraction of sp³-hybridized carbons (Fsp3) is 0.273. The van der Waals surface area contributed by atoms with E-state index in [4.69, 9.17) is 10.2 Å². The number of carbonyl (C=O) groups excluding carboxylic acids is 1. The van der Waals surface area contributed by atoms with Crippen LogP contribution in [-0.2, 0) is 4.79 Å². The van der Waals surface area contributed by atoms with Gasteiger partial charge in [-0.25, -0.2) is 9.59 Å². The van der Waals surface area contributed by atoms with Gasteiger partial charge < -0.3 is 20.8 Å². The summed E-state index contributed by atoms with van der Waals surface area (Å²) in [5.41, 5.74) is -0.103. The van der Waals surface area contributed by atoms with Crippen molar-refractivity contribution in [2.75, 3.05) is 11.9 Å². The minimum Gasteiger partial charge on any atom is -0.480 e. The molecular weight excluding hydrogens is 350 g/mol. The number of rotatable bonds is 6. The van der Waals surface area contributed by atoms with Crippen LogP contribution >= 0.6 is 15.9 Å². The molecule has 0 fully saturated rings. The molecule has 1 rings (SSSR count). The van der Waals surface area contributed by atoms with Crippen LogP contribution in [-0.4, -0.2) is 39.8 Å². The molecule has 0 heterocycles. The van der Waals surface area contributed by atoms with Crippen molar-refractivity contribution in [3.63, 3.8) is 0 Å². The zero-order chi connectivity index (χ0) is 16.0. The minimum absolute atomic E-state index is 0.120. The van der Waals surface area contributed by atoms with E-state index in [9.17, 15) is 19.7 Å². The van der Waals surface area contributed by atoms with E-state index >= 15 is 0 Å². The van der Waals surface area contributed by atoms with E-state index in [0.717, 1.165) is 6.07 Å². The van der Waals surface area contributed by atoms with Crippen molar-refractivity contribution in [2.24, 2.45) is 0 Å². The Morgan fingerprint density at radius 1 is 1.43 bits per heavy atom. The first kappa shape index (κ1) is 16.9. The summed E-state index contributed by atoms with van der Waals surface area (Å²) in [6.45, 7) is -0.405. The molecule has 2 amide bonds. The van der Waals surface area contributed by atoms with Crippen LogP contribution in [0.5, 0.6) is 0 Å². The van der Waals surface area contributed by atoms with Crippen LogP contribution in [0.3, 0.4) is 0 Å². The lowest BCUT2D eigenvalue weighted by molar-refractivity contribution is -0.384. The van der Waals surface area contributed by atoms with Gasteiger partial charge >= 0.3 is 12.0 Å². The van der Waals surface area contributed by atoms with E-state index in [2.05, 4.69) is 26.6 Å². The zero-order valence-corrected chi connectivity index (χ0v) is 12.2. The van der Waals surface area contributed by atoms with Crippen molar-refractivity contribution < 1.29 is 24.7 Å². The molecule has 0 bridgehead atoms. The molecule has 0 aromatic heterocycles. The fourth-order valence-electron chi connectivity index (χ4n) is 1.43. The van der Waals surface area contributed by atoms with E-state index in [0.29, 0.717) is 4.47 Å². The number of nitro groups is 1. The Kier molecular flexibility index (Phi) is 6.06. The Morgan fingerprint density at radius 2 is 2.10 bits per heavy atom. The molecule has 0 saturated carbocycles. The summed E-state index contributed by atoms with van der Waals surface area (Å²) in [6.07, 6.45) is -0.154. The van der Waals surface area contributed by atoms with Gasteiger partial charge in [-0.3, -0.25) is 10.1 Å². The number of aliphatic hydroxyl groups is 1. The first-order valence-corrected chi connectivity index (χ1v) is 6.49. The highest BCUT2D eigenvalue weighted by atomic mass is 79.9. The molecule has 10 heteroatoms. The van der Waals surface area contributed by atoms with Crippen LogP contribution in [0, 0.1) is 10.1 Å². The standard InChI is InChI=1S/C11H12BrN3O6/c12-7-2-1-6(15(20)21)5-9(7)14-11(19)13-8(3-4-16)10(17)18/h1-2,5,8,16H,3-4H2,(H,17,18)(H2,13,14,19)/t8-/m0/s1. The second-order valence-electron chi connectivity index (χ2n) is 3.92. The maximum Gasteiger partial charge on any atom is 0.326 e. The maximum atomic E-state index is 11.7. The van der Waals surface area contributed by atoms with Crippen molar-refractivity contribution >= 4 is 39.3 Å². The molecule has 0 aliphatic heterocycles. The predicted molar refractivity (Wildman–Crippen MR) is 76.1 cm³/mol. The van der Waals surface area contributed by atoms with E-state index in [-0.39, 0.29) is 17.8 Å². The number of halogens is 1. The monoisotopic (exact) mass is 361 g/mol. The molecule has 4 N–H and O–H groups in total. The number of nitrogens with one attached hydrogen (secondary N) is 2. The van der Waals surface area contributed by atoms with Gasteiger partial charge in [0.2, 0.25) is 0 Å². The third-order valence-corrected chi connectivity index (χ3v) is 3.12. The molecule has 1 aromatic rings. The number of nitro benzene ring substituents is 1. The van der Waals surface area contributed by atoms with Crippen molar-refractivity contribution in [3.05, 3.63) is 32.8 Å². The average molecular weight is 362 g/mol. The highest BCUT2D eigenvalue weighted by molar-refractivity contribution is 9.10. The van der Waals surface area contributed by atoms with Crippen LogP contribution in [0.25, 0.3) is 0 Å². The topological polar surface area (TPSA) is 142 Å². The molecule has 1 aromatic carbocycles. The molecule has 1 atom stereocenters. The summed E-state index contributed by atoms with van der Waals surface area (Å²) in [6, 6.07) is 1.66. The second kappa shape index (κ2) is 7.55.